The Kier molecular flexibility index (Phi) is 61.3. The Morgan fingerprint density at radius 2 is 0.500 bits per heavy atom. The summed E-state index contributed by atoms with van der Waals surface area (Å²) in [5, 5.41) is 0. The molecule has 0 saturated heterocycles. The Morgan fingerprint density at radius 1 is 0.276 bits per heavy atom. The first-order valence-corrected chi connectivity index (χ1v) is 34.8. The van der Waals surface area contributed by atoms with Crippen molar-refractivity contribution in [3.63, 3.8) is 0 Å². The molecule has 1 unspecified atom stereocenters. The van der Waals surface area contributed by atoms with Crippen LogP contribution in [-0.2, 0) is 28.6 Å². The molecule has 0 aliphatic rings. The van der Waals surface area contributed by atoms with Gasteiger partial charge in [-0.15, -0.1) is 0 Å². The molecule has 0 bridgehead atoms. The minimum atomic E-state index is -0.764. The van der Waals surface area contributed by atoms with E-state index in [1.807, 2.05) is 0 Å². The molecule has 0 aromatic heterocycles. The molecule has 76 heavy (non-hydrogen) atoms. The zero-order valence-corrected chi connectivity index (χ0v) is 52.4. The van der Waals surface area contributed by atoms with Crippen molar-refractivity contribution in [1.29, 1.82) is 0 Å². The zero-order chi connectivity index (χ0) is 55.3. The highest BCUT2D eigenvalue weighted by molar-refractivity contribution is 5.71. The number of rotatable bonds is 64. The van der Waals surface area contributed by atoms with Crippen molar-refractivity contribution in [2.24, 2.45) is 11.8 Å². The van der Waals surface area contributed by atoms with Crippen LogP contribution in [0.3, 0.4) is 0 Å². The second-order valence-electron chi connectivity index (χ2n) is 24.9. The quantitative estimate of drug-likeness (QED) is 0.0343. The Hall–Kier alpha value is -1.59. The number of hydrogen-bond acceptors (Lipinski definition) is 6. The highest BCUT2D eigenvalue weighted by Crippen LogP contribution is 2.20. The van der Waals surface area contributed by atoms with E-state index in [2.05, 4.69) is 34.6 Å². The lowest BCUT2D eigenvalue weighted by atomic mass is 9.99. The summed E-state index contributed by atoms with van der Waals surface area (Å²) >= 11 is 0. The van der Waals surface area contributed by atoms with Gasteiger partial charge in [-0.05, 0) is 31.1 Å². The lowest BCUT2D eigenvalue weighted by Gasteiger charge is -2.18. The summed E-state index contributed by atoms with van der Waals surface area (Å²) in [5.74, 6) is 0.930. The van der Waals surface area contributed by atoms with Crippen LogP contribution < -0.4 is 0 Å². The number of unbranched alkanes of at least 4 members (excludes halogenated alkanes) is 48. The second kappa shape index (κ2) is 62.6. The number of ether oxygens (including phenoxy) is 3. The van der Waals surface area contributed by atoms with Gasteiger partial charge in [0.1, 0.15) is 13.2 Å². The molecule has 0 aromatic rings. The van der Waals surface area contributed by atoms with Crippen molar-refractivity contribution in [3.8, 4) is 0 Å². The summed E-state index contributed by atoms with van der Waals surface area (Å²) in [4.78, 5) is 38.4. The van der Waals surface area contributed by atoms with Crippen LogP contribution in [-0.4, -0.2) is 37.2 Å². The van der Waals surface area contributed by atoms with Gasteiger partial charge >= 0.3 is 17.9 Å². The van der Waals surface area contributed by atoms with Gasteiger partial charge in [0.15, 0.2) is 6.10 Å². The Morgan fingerprint density at radius 3 is 0.750 bits per heavy atom. The number of carbonyl (C=O) groups excluding carboxylic acids is 3. The van der Waals surface area contributed by atoms with Crippen molar-refractivity contribution in [2.75, 3.05) is 13.2 Å². The average Bonchev–Trinajstić information content (AvgIpc) is 3.41. The van der Waals surface area contributed by atoms with Gasteiger partial charge < -0.3 is 14.2 Å². The molecule has 0 spiro atoms. The van der Waals surface area contributed by atoms with Crippen LogP contribution in [0, 0.1) is 11.8 Å². The van der Waals surface area contributed by atoms with E-state index in [4.69, 9.17) is 14.2 Å². The second-order valence-corrected chi connectivity index (χ2v) is 24.9. The minimum Gasteiger partial charge on any atom is -0.462 e. The molecule has 0 aromatic carbocycles. The maximum atomic E-state index is 12.9. The summed E-state index contributed by atoms with van der Waals surface area (Å²) in [5.41, 5.74) is 0. The fraction of sp³-hybridized carbons (Fsp3) is 0.957. The van der Waals surface area contributed by atoms with Crippen molar-refractivity contribution >= 4 is 17.9 Å². The molecule has 0 radical (unpaired) electrons. The van der Waals surface area contributed by atoms with Crippen LogP contribution in [0.25, 0.3) is 0 Å². The van der Waals surface area contributed by atoms with E-state index in [-0.39, 0.29) is 31.1 Å². The van der Waals surface area contributed by atoms with E-state index < -0.39 is 6.10 Å². The molecule has 0 fully saturated rings. The molecule has 0 aliphatic heterocycles. The van der Waals surface area contributed by atoms with E-state index in [1.54, 1.807) is 0 Å². The SMILES string of the molecule is CCCCCCCCCCCCCCCCCCCCCC(=O)O[C@H](COC(=O)CCCCCCCCCCCCCCCCCCCCC(C)CC)COC(=O)CCCCCCCCCCCCCCCCC(C)C. The van der Waals surface area contributed by atoms with E-state index in [1.165, 1.54) is 289 Å². The van der Waals surface area contributed by atoms with Crippen molar-refractivity contribution in [1.82, 2.24) is 0 Å². The monoisotopic (exact) mass is 1070 g/mol. The third-order valence-corrected chi connectivity index (χ3v) is 16.6. The molecular formula is C70H136O6. The van der Waals surface area contributed by atoms with Crippen molar-refractivity contribution in [2.45, 2.75) is 407 Å². The first-order chi connectivity index (χ1) is 37.3. The third kappa shape index (κ3) is 61.6. The minimum absolute atomic E-state index is 0.0613. The summed E-state index contributed by atoms with van der Waals surface area (Å²) in [7, 11) is 0. The highest BCUT2D eigenvalue weighted by atomic mass is 16.6. The predicted octanol–water partition coefficient (Wildman–Crippen LogP) is 23.6. The largest absolute Gasteiger partial charge is 0.462 e. The summed E-state index contributed by atoms with van der Waals surface area (Å²) < 4.78 is 17.0. The third-order valence-electron chi connectivity index (χ3n) is 16.6. The summed E-state index contributed by atoms with van der Waals surface area (Å²) in [6, 6.07) is 0. The van der Waals surface area contributed by atoms with Crippen LogP contribution in [0.5, 0.6) is 0 Å². The topological polar surface area (TPSA) is 78.9 Å². The van der Waals surface area contributed by atoms with Gasteiger partial charge in [0, 0.05) is 19.3 Å². The van der Waals surface area contributed by atoms with E-state index in [0.29, 0.717) is 19.3 Å². The number of carbonyl (C=O) groups is 3. The Balaban J connectivity index is 4.27. The van der Waals surface area contributed by atoms with Crippen LogP contribution in [0.2, 0.25) is 0 Å². The average molecular weight is 1070 g/mol. The van der Waals surface area contributed by atoms with Gasteiger partial charge in [0.25, 0.3) is 0 Å². The molecule has 0 rings (SSSR count). The van der Waals surface area contributed by atoms with Gasteiger partial charge in [0.2, 0.25) is 0 Å². The van der Waals surface area contributed by atoms with Gasteiger partial charge in [-0.2, -0.15) is 0 Å². The molecular weight excluding hydrogens is 937 g/mol. The lowest BCUT2D eigenvalue weighted by molar-refractivity contribution is -0.167. The van der Waals surface area contributed by atoms with Crippen LogP contribution in [0.15, 0.2) is 0 Å². The molecule has 452 valence electrons. The molecule has 2 atom stereocenters. The van der Waals surface area contributed by atoms with Gasteiger partial charge in [0.05, 0.1) is 0 Å². The fourth-order valence-corrected chi connectivity index (χ4v) is 11.0. The van der Waals surface area contributed by atoms with Crippen molar-refractivity contribution in [3.05, 3.63) is 0 Å². The van der Waals surface area contributed by atoms with Crippen LogP contribution in [0.4, 0.5) is 0 Å². The molecule has 0 saturated carbocycles. The molecule has 0 N–H and O–H groups in total. The maximum Gasteiger partial charge on any atom is 0.306 e. The standard InChI is InChI=1S/C70H136O6/c1-6-8-9-10-11-12-13-14-15-16-17-22-25-32-37-42-47-52-57-62-70(73)76-67(64-75-69(72)61-56-51-46-41-36-31-27-26-28-33-38-43-48-53-58-65(3)4)63-74-68(71)60-55-50-45-40-35-30-24-21-19-18-20-23-29-34-39-44-49-54-59-66(5)7-2/h65-67H,6-64H2,1-5H3/t66?,67-/m1/s1. The number of esters is 3. The van der Waals surface area contributed by atoms with Gasteiger partial charge in [-0.1, -0.05) is 362 Å². The van der Waals surface area contributed by atoms with Crippen LogP contribution >= 0.6 is 0 Å². The highest BCUT2D eigenvalue weighted by Gasteiger charge is 2.20. The molecule has 6 heteroatoms. The fourth-order valence-electron chi connectivity index (χ4n) is 11.0. The van der Waals surface area contributed by atoms with E-state index >= 15 is 0 Å². The molecule has 0 heterocycles. The Bertz CT molecular complexity index is 1170. The summed E-state index contributed by atoms with van der Waals surface area (Å²) in [6.45, 7) is 11.5. The van der Waals surface area contributed by atoms with Gasteiger partial charge in [-0.25, -0.2) is 0 Å². The predicted molar refractivity (Wildman–Crippen MR) is 330 cm³/mol. The maximum absolute atomic E-state index is 12.9. The zero-order valence-electron chi connectivity index (χ0n) is 52.4. The first-order valence-electron chi connectivity index (χ1n) is 34.8. The molecule has 0 aliphatic carbocycles. The smallest absolute Gasteiger partial charge is 0.306 e. The first kappa shape index (κ1) is 74.4. The Labute approximate surface area is 476 Å². The van der Waals surface area contributed by atoms with E-state index in [9.17, 15) is 14.4 Å². The molecule has 0 amide bonds. The molecule has 6 nitrogen and oxygen atoms in total. The number of hydrogen-bond donors (Lipinski definition) is 0. The van der Waals surface area contributed by atoms with Crippen molar-refractivity contribution < 1.29 is 28.6 Å². The van der Waals surface area contributed by atoms with Crippen LogP contribution in [0.1, 0.15) is 401 Å². The van der Waals surface area contributed by atoms with E-state index in [0.717, 1.165) is 69.6 Å². The summed E-state index contributed by atoms with van der Waals surface area (Å²) in [6.07, 6.45) is 71.1. The van der Waals surface area contributed by atoms with Gasteiger partial charge in [-0.3, -0.25) is 14.4 Å². The normalized spacial score (nSPS) is 12.4. The lowest BCUT2D eigenvalue weighted by Crippen LogP contribution is -2.30.